The standard InChI is InChI=1S/C18H16Cl2N2OS/c1-2-3-12-6-8-22(9-7-12)18(23)16-11-24-17(21-16)14-5-4-13(19)10-15(14)20/h1,4-5,10-12H,3,6-9H2. The number of likely N-dealkylation sites (tertiary alicyclic amines) is 1. The Hall–Kier alpha value is -1.54. The van der Waals surface area contributed by atoms with Crippen LogP contribution in [-0.2, 0) is 0 Å². The number of piperidine rings is 1. The minimum Gasteiger partial charge on any atom is -0.337 e. The Morgan fingerprint density at radius 1 is 1.38 bits per heavy atom. The fourth-order valence-electron chi connectivity index (χ4n) is 2.83. The third-order valence-corrected chi connectivity index (χ3v) is 5.62. The van der Waals surface area contributed by atoms with E-state index >= 15 is 0 Å². The van der Waals surface area contributed by atoms with E-state index in [0.717, 1.165) is 42.9 Å². The summed E-state index contributed by atoms with van der Waals surface area (Å²) in [6, 6.07) is 5.27. The van der Waals surface area contributed by atoms with Crippen molar-refractivity contribution in [2.75, 3.05) is 13.1 Å². The van der Waals surface area contributed by atoms with E-state index in [0.29, 0.717) is 21.7 Å². The molecular weight excluding hydrogens is 363 g/mol. The lowest BCUT2D eigenvalue weighted by Gasteiger charge is -2.30. The number of rotatable bonds is 3. The van der Waals surface area contributed by atoms with Crippen LogP contribution in [0.5, 0.6) is 0 Å². The lowest BCUT2D eigenvalue weighted by Crippen LogP contribution is -2.38. The third kappa shape index (κ3) is 3.75. The smallest absolute Gasteiger partial charge is 0.273 e. The molecule has 1 aliphatic heterocycles. The summed E-state index contributed by atoms with van der Waals surface area (Å²) in [6.07, 6.45) is 8.06. The van der Waals surface area contributed by atoms with Crippen molar-refractivity contribution in [1.82, 2.24) is 9.88 Å². The van der Waals surface area contributed by atoms with E-state index in [4.69, 9.17) is 29.6 Å². The summed E-state index contributed by atoms with van der Waals surface area (Å²) in [5, 5.41) is 3.62. The lowest BCUT2D eigenvalue weighted by molar-refractivity contribution is 0.0687. The number of terminal acetylenes is 1. The van der Waals surface area contributed by atoms with Crippen LogP contribution in [0.25, 0.3) is 10.6 Å². The van der Waals surface area contributed by atoms with Gasteiger partial charge in [-0.1, -0.05) is 23.2 Å². The quantitative estimate of drug-likeness (QED) is 0.704. The maximum Gasteiger partial charge on any atom is 0.273 e. The van der Waals surface area contributed by atoms with Gasteiger partial charge in [-0.3, -0.25) is 4.79 Å². The average molecular weight is 379 g/mol. The van der Waals surface area contributed by atoms with Gasteiger partial charge >= 0.3 is 0 Å². The van der Waals surface area contributed by atoms with Crippen molar-refractivity contribution in [3.63, 3.8) is 0 Å². The van der Waals surface area contributed by atoms with Gasteiger partial charge in [-0.15, -0.1) is 23.7 Å². The number of hydrogen-bond acceptors (Lipinski definition) is 3. The molecule has 0 bridgehead atoms. The van der Waals surface area contributed by atoms with Crippen molar-refractivity contribution in [3.05, 3.63) is 39.3 Å². The molecule has 2 aromatic rings. The molecule has 1 saturated heterocycles. The zero-order valence-electron chi connectivity index (χ0n) is 13.0. The zero-order chi connectivity index (χ0) is 17.1. The molecule has 124 valence electrons. The number of carbonyl (C=O) groups is 1. The van der Waals surface area contributed by atoms with Crippen LogP contribution in [0.2, 0.25) is 10.0 Å². The Morgan fingerprint density at radius 3 is 2.79 bits per heavy atom. The number of amides is 1. The summed E-state index contributed by atoms with van der Waals surface area (Å²) in [7, 11) is 0. The number of hydrogen-bond donors (Lipinski definition) is 0. The molecule has 1 aliphatic rings. The number of halogens is 2. The Morgan fingerprint density at radius 2 is 2.12 bits per heavy atom. The molecule has 3 rings (SSSR count). The summed E-state index contributed by atoms with van der Waals surface area (Å²) in [5.41, 5.74) is 1.26. The van der Waals surface area contributed by atoms with Crippen LogP contribution in [0.3, 0.4) is 0 Å². The van der Waals surface area contributed by atoms with E-state index in [-0.39, 0.29) is 5.91 Å². The van der Waals surface area contributed by atoms with Crippen LogP contribution < -0.4 is 0 Å². The van der Waals surface area contributed by atoms with E-state index in [2.05, 4.69) is 10.9 Å². The van der Waals surface area contributed by atoms with Gasteiger partial charge in [0.25, 0.3) is 5.91 Å². The van der Waals surface area contributed by atoms with E-state index < -0.39 is 0 Å². The molecule has 0 aliphatic carbocycles. The first-order valence-electron chi connectivity index (χ1n) is 7.72. The number of benzene rings is 1. The van der Waals surface area contributed by atoms with Gasteiger partial charge in [0.15, 0.2) is 0 Å². The minimum atomic E-state index is -0.0262. The number of carbonyl (C=O) groups excluding carboxylic acids is 1. The number of nitrogens with zero attached hydrogens (tertiary/aromatic N) is 2. The second-order valence-electron chi connectivity index (χ2n) is 5.81. The van der Waals surface area contributed by atoms with Crippen molar-refractivity contribution in [1.29, 1.82) is 0 Å². The highest BCUT2D eigenvalue weighted by molar-refractivity contribution is 7.13. The van der Waals surface area contributed by atoms with E-state index in [1.807, 2.05) is 11.0 Å². The normalized spacial score (nSPS) is 15.3. The van der Waals surface area contributed by atoms with Crippen molar-refractivity contribution in [3.8, 4) is 22.9 Å². The summed E-state index contributed by atoms with van der Waals surface area (Å²) in [5.74, 6) is 3.21. The Balaban J connectivity index is 1.72. The van der Waals surface area contributed by atoms with Gasteiger partial charge in [0.1, 0.15) is 10.7 Å². The molecule has 2 heterocycles. The fraction of sp³-hybridized carbons (Fsp3) is 0.333. The van der Waals surface area contributed by atoms with E-state index in [9.17, 15) is 4.79 Å². The molecule has 0 atom stereocenters. The minimum absolute atomic E-state index is 0.0262. The molecule has 0 N–H and O–H groups in total. The summed E-state index contributed by atoms with van der Waals surface area (Å²) < 4.78 is 0. The molecule has 1 amide bonds. The van der Waals surface area contributed by atoms with Gasteiger partial charge in [-0.25, -0.2) is 4.98 Å². The maximum atomic E-state index is 12.6. The second kappa shape index (κ2) is 7.57. The largest absolute Gasteiger partial charge is 0.337 e. The first kappa shape index (κ1) is 17.3. The summed E-state index contributed by atoms with van der Waals surface area (Å²) >= 11 is 13.6. The predicted octanol–water partition coefficient (Wildman–Crippen LogP) is 4.99. The summed E-state index contributed by atoms with van der Waals surface area (Å²) in [4.78, 5) is 18.9. The molecular formula is C18H16Cl2N2OS. The molecule has 24 heavy (non-hydrogen) atoms. The van der Waals surface area contributed by atoms with Crippen molar-refractivity contribution >= 4 is 40.4 Å². The maximum absolute atomic E-state index is 12.6. The molecule has 1 fully saturated rings. The molecule has 0 spiro atoms. The van der Waals surface area contributed by atoms with Crippen molar-refractivity contribution in [2.24, 2.45) is 5.92 Å². The Labute approximate surface area is 155 Å². The zero-order valence-corrected chi connectivity index (χ0v) is 15.3. The van der Waals surface area contributed by atoms with Crippen LogP contribution >= 0.6 is 34.5 Å². The van der Waals surface area contributed by atoms with Gasteiger partial charge in [-0.2, -0.15) is 0 Å². The highest BCUT2D eigenvalue weighted by Crippen LogP contribution is 2.32. The molecule has 6 heteroatoms. The predicted molar refractivity (Wildman–Crippen MR) is 99.6 cm³/mol. The lowest BCUT2D eigenvalue weighted by atomic mass is 9.94. The van der Waals surface area contributed by atoms with Crippen LogP contribution in [0.1, 0.15) is 29.8 Å². The number of thiazole rings is 1. The Bertz CT molecular complexity index is 789. The van der Waals surface area contributed by atoms with Gasteiger partial charge in [0.2, 0.25) is 0 Å². The van der Waals surface area contributed by atoms with Crippen LogP contribution in [0.15, 0.2) is 23.6 Å². The molecule has 1 aromatic heterocycles. The molecule has 0 radical (unpaired) electrons. The highest BCUT2D eigenvalue weighted by atomic mass is 35.5. The van der Waals surface area contributed by atoms with Gasteiger partial charge < -0.3 is 4.90 Å². The molecule has 0 unspecified atom stereocenters. The second-order valence-corrected chi connectivity index (χ2v) is 7.51. The SMILES string of the molecule is C#CCC1CCN(C(=O)c2csc(-c3ccc(Cl)cc3Cl)n2)CC1. The Kier molecular flexibility index (Phi) is 5.45. The van der Waals surface area contributed by atoms with Crippen LogP contribution in [-0.4, -0.2) is 28.9 Å². The van der Waals surface area contributed by atoms with Gasteiger partial charge in [0.05, 0.1) is 5.02 Å². The van der Waals surface area contributed by atoms with E-state index in [1.165, 1.54) is 11.3 Å². The van der Waals surface area contributed by atoms with Crippen LogP contribution in [0, 0.1) is 18.3 Å². The average Bonchev–Trinajstić information content (AvgIpc) is 3.05. The van der Waals surface area contributed by atoms with Crippen molar-refractivity contribution in [2.45, 2.75) is 19.3 Å². The van der Waals surface area contributed by atoms with Gasteiger partial charge in [-0.05, 0) is 37.0 Å². The van der Waals surface area contributed by atoms with Crippen molar-refractivity contribution < 1.29 is 4.79 Å². The molecule has 0 saturated carbocycles. The molecule has 1 aromatic carbocycles. The van der Waals surface area contributed by atoms with Gasteiger partial charge in [0, 0.05) is 35.5 Å². The van der Waals surface area contributed by atoms with Crippen LogP contribution in [0.4, 0.5) is 0 Å². The third-order valence-electron chi connectivity index (χ3n) is 4.19. The monoisotopic (exact) mass is 378 g/mol. The molecule has 3 nitrogen and oxygen atoms in total. The number of aromatic nitrogens is 1. The first-order chi connectivity index (χ1) is 11.6. The first-order valence-corrected chi connectivity index (χ1v) is 9.35. The fourth-order valence-corrected chi connectivity index (χ4v) is 4.21. The summed E-state index contributed by atoms with van der Waals surface area (Å²) in [6.45, 7) is 1.47. The highest BCUT2D eigenvalue weighted by Gasteiger charge is 2.25. The topological polar surface area (TPSA) is 33.2 Å². The van der Waals surface area contributed by atoms with E-state index in [1.54, 1.807) is 17.5 Å².